The molecule has 5 heteroatoms. The molecule has 1 heterocycles. The second-order valence-corrected chi connectivity index (χ2v) is 7.51. The Morgan fingerprint density at radius 2 is 2.00 bits per heavy atom. The van der Waals surface area contributed by atoms with Crippen LogP contribution >= 0.6 is 11.3 Å². The zero-order valence-electron chi connectivity index (χ0n) is 9.49. The lowest BCUT2D eigenvalue weighted by Gasteiger charge is -2.19. The van der Waals surface area contributed by atoms with Crippen molar-refractivity contribution in [2.45, 2.75) is 39.0 Å². The van der Waals surface area contributed by atoms with Crippen LogP contribution in [0.15, 0.2) is 11.4 Å². The summed E-state index contributed by atoms with van der Waals surface area (Å²) in [5.41, 5.74) is 0.443. The Morgan fingerprint density at radius 1 is 1.40 bits per heavy atom. The topological polar surface area (TPSA) is 46.2 Å². The van der Waals surface area contributed by atoms with Crippen LogP contribution in [0.2, 0.25) is 0 Å². The highest BCUT2D eigenvalue weighted by molar-refractivity contribution is 7.88. The summed E-state index contributed by atoms with van der Waals surface area (Å²) >= 11 is 1.57. The molecule has 3 nitrogen and oxygen atoms in total. The number of rotatable bonds is 3. The first-order chi connectivity index (χ1) is 6.68. The lowest BCUT2D eigenvalue weighted by atomic mass is 10.1. The molecule has 0 saturated heterocycles. The van der Waals surface area contributed by atoms with E-state index in [-0.39, 0.29) is 5.75 Å². The summed E-state index contributed by atoms with van der Waals surface area (Å²) in [6.45, 7) is 7.48. The zero-order chi connectivity index (χ0) is 11.7. The van der Waals surface area contributed by atoms with Gasteiger partial charge in [0.25, 0.3) is 0 Å². The minimum absolute atomic E-state index is 0.0641. The molecule has 0 atom stereocenters. The number of sulfonamides is 1. The van der Waals surface area contributed by atoms with Crippen molar-refractivity contribution in [2.75, 3.05) is 0 Å². The zero-order valence-corrected chi connectivity index (χ0v) is 11.1. The summed E-state index contributed by atoms with van der Waals surface area (Å²) < 4.78 is 26.1. The SMILES string of the molecule is Cc1cc(CS(=O)(=O)NC(C)(C)C)cs1. The molecular formula is C10H17NO2S2. The smallest absolute Gasteiger partial charge is 0.212 e. The summed E-state index contributed by atoms with van der Waals surface area (Å²) in [5, 5.41) is 1.89. The predicted molar refractivity (Wildman–Crippen MR) is 64.6 cm³/mol. The van der Waals surface area contributed by atoms with Crippen LogP contribution in [0.1, 0.15) is 31.2 Å². The minimum Gasteiger partial charge on any atom is -0.212 e. The van der Waals surface area contributed by atoms with Gasteiger partial charge in [0.15, 0.2) is 0 Å². The van der Waals surface area contributed by atoms with Gasteiger partial charge in [-0.1, -0.05) is 0 Å². The highest BCUT2D eigenvalue weighted by Gasteiger charge is 2.20. The Hall–Kier alpha value is -0.390. The fourth-order valence-corrected chi connectivity index (χ4v) is 3.72. The monoisotopic (exact) mass is 247 g/mol. The van der Waals surface area contributed by atoms with Gasteiger partial charge in [-0.15, -0.1) is 11.3 Å². The first kappa shape index (κ1) is 12.7. The molecule has 0 unspecified atom stereocenters. The average Bonchev–Trinajstić information content (AvgIpc) is 2.27. The van der Waals surface area contributed by atoms with Crippen molar-refractivity contribution >= 4 is 21.4 Å². The molecule has 15 heavy (non-hydrogen) atoms. The lowest BCUT2D eigenvalue weighted by Crippen LogP contribution is -2.41. The Bertz CT molecular complexity index is 427. The molecule has 0 aliphatic heterocycles. The van der Waals surface area contributed by atoms with Crippen LogP contribution in [0.3, 0.4) is 0 Å². The van der Waals surface area contributed by atoms with Gasteiger partial charge in [-0.25, -0.2) is 13.1 Å². The first-order valence-corrected chi connectivity index (χ1v) is 7.27. The molecule has 0 bridgehead atoms. The molecule has 1 aromatic rings. The normalized spacial score (nSPS) is 13.1. The van der Waals surface area contributed by atoms with Gasteiger partial charge in [0.05, 0.1) is 5.75 Å². The van der Waals surface area contributed by atoms with E-state index in [0.717, 1.165) is 10.4 Å². The lowest BCUT2D eigenvalue weighted by molar-refractivity contribution is 0.491. The molecular weight excluding hydrogens is 230 g/mol. The van der Waals surface area contributed by atoms with Gasteiger partial charge < -0.3 is 0 Å². The van der Waals surface area contributed by atoms with Crippen molar-refractivity contribution in [1.29, 1.82) is 0 Å². The Labute approximate surface area is 95.6 Å². The van der Waals surface area contributed by atoms with Gasteiger partial charge in [0.1, 0.15) is 0 Å². The number of hydrogen-bond donors (Lipinski definition) is 1. The number of aryl methyl sites for hydroxylation is 1. The van der Waals surface area contributed by atoms with Crippen molar-refractivity contribution in [3.63, 3.8) is 0 Å². The first-order valence-electron chi connectivity index (χ1n) is 4.74. The van der Waals surface area contributed by atoms with Crippen molar-refractivity contribution in [2.24, 2.45) is 0 Å². The average molecular weight is 247 g/mol. The van der Waals surface area contributed by atoms with E-state index >= 15 is 0 Å². The van der Waals surface area contributed by atoms with Crippen LogP contribution in [0.4, 0.5) is 0 Å². The van der Waals surface area contributed by atoms with Crippen LogP contribution in [0.5, 0.6) is 0 Å². The standard InChI is InChI=1S/C10H17NO2S2/c1-8-5-9(6-14-8)7-15(12,13)11-10(2,3)4/h5-6,11H,7H2,1-4H3. The van der Waals surface area contributed by atoms with E-state index in [9.17, 15) is 8.42 Å². The van der Waals surface area contributed by atoms with Crippen LogP contribution in [-0.2, 0) is 15.8 Å². The summed E-state index contributed by atoms with van der Waals surface area (Å²) in [7, 11) is -3.22. The maximum absolute atomic E-state index is 11.7. The molecule has 0 aliphatic rings. The van der Waals surface area contributed by atoms with Crippen LogP contribution in [0, 0.1) is 6.92 Å². The van der Waals surface area contributed by atoms with E-state index in [1.54, 1.807) is 11.3 Å². The molecule has 1 aromatic heterocycles. The Kier molecular flexibility index (Phi) is 3.58. The summed E-state index contributed by atoms with van der Waals surface area (Å²) in [6, 6.07) is 1.91. The molecule has 1 rings (SSSR count). The Morgan fingerprint density at radius 3 is 2.40 bits per heavy atom. The van der Waals surface area contributed by atoms with Gasteiger partial charge in [-0.3, -0.25) is 0 Å². The summed E-state index contributed by atoms with van der Waals surface area (Å²) in [6.07, 6.45) is 0. The van der Waals surface area contributed by atoms with Crippen molar-refractivity contribution < 1.29 is 8.42 Å². The molecule has 1 N–H and O–H groups in total. The van der Waals surface area contributed by atoms with Gasteiger partial charge in [-0.05, 0) is 44.7 Å². The van der Waals surface area contributed by atoms with Gasteiger partial charge in [0, 0.05) is 10.4 Å². The van der Waals surface area contributed by atoms with Gasteiger partial charge in [-0.2, -0.15) is 0 Å². The number of hydrogen-bond acceptors (Lipinski definition) is 3. The summed E-state index contributed by atoms with van der Waals surface area (Å²) in [5.74, 6) is 0.0641. The van der Waals surface area contributed by atoms with Gasteiger partial charge in [0.2, 0.25) is 10.0 Å². The van der Waals surface area contributed by atoms with Crippen LogP contribution < -0.4 is 4.72 Å². The molecule has 0 aliphatic carbocycles. The maximum Gasteiger partial charge on any atom is 0.216 e. The summed E-state index contributed by atoms with van der Waals surface area (Å²) in [4.78, 5) is 1.14. The van der Waals surface area contributed by atoms with Crippen molar-refractivity contribution in [1.82, 2.24) is 4.72 Å². The molecule has 0 aromatic carbocycles. The van der Waals surface area contributed by atoms with Crippen LogP contribution in [-0.4, -0.2) is 14.0 Å². The number of thiophene rings is 1. The quantitative estimate of drug-likeness (QED) is 0.890. The molecule has 86 valence electrons. The second-order valence-electron chi connectivity index (χ2n) is 4.68. The number of nitrogens with one attached hydrogen (secondary N) is 1. The van der Waals surface area contributed by atoms with E-state index in [1.807, 2.05) is 39.1 Å². The van der Waals surface area contributed by atoms with E-state index < -0.39 is 15.6 Å². The minimum atomic E-state index is -3.22. The molecule has 0 amide bonds. The fraction of sp³-hybridized carbons (Fsp3) is 0.600. The van der Waals surface area contributed by atoms with Gasteiger partial charge >= 0.3 is 0 Å². The third-order valence-corrected chi connectivity index (χ3v) is 4.15. The van der Waals surface area contributed by atoms with Crippen molar-refractivity contribution in [3.8, 4) is 0 Å². The van der Waals surface area contributed by atoms with Crippen molar-refractivity contribution in [3.05, 3.63) is 21.9 Å². The molecule has 0 spiro atoms. The Balaban J connectivity index is 2.73. The predicted octanol–water partition coefficient (Wildman–Crippen LogP) is 2.27. The highest BCUT2D eigenvalue weighted by atomic mass is 32.2. The maximum atomic E-state index is 11.7. The second kappa shape index (κ2) is 4.23. The third-order valence-electron chi connectivity index (χ3n) is 1.60. The highest BCUT2D eigenvalue weighted by Crippen LogP contribution is 2.16. The van der Waals surface area contributed by atoms with E-state index in [0.29, 0.717) is 0 Å². The van der Waals surface area contributed by atoms with E-state index in [1.165, 1.54) is 0 Å². The van der Waals surface area contributed by atoms with Crippen LogP contribution in [0.25, 0.3) is 0 Å². The molecule has 0 fully saturated rings. The van der Waals surface area contributed by atoms with E-state index in [4.69, 9.17) is 0 Å². The fourth-order valence-electron chi connectivity index (χ4n) is 1.30. The largest absolute Gasteiger partial charge is 0.216 e. The molecule has 0 saturated carbocycles. The van der Waals surface area contributed by atoms with E-state index in [2.05, 4.69) is 4.72 Å². The third kappa shape index (κ3) is 4.77. The molecule has 0 radical (unpaired) electrons.